The minimum atomic E-state index is -4.40. The lowest BCUT2D eigenvalue weighted by Gasteiger charge is -2.44. The van der Waals surface area contributed by atoms with Crippen molar-refractivity contribution in [2.75, 3.05) is 6.61 Å². The van der Waals surface area contributed by atoms with Gasteiger partial charge in [-0.15, -0.1) is 0 Å². The molecular weight excluding hydrogens is 267 g/mol. The SMILES string of the molecule is CC1=CCC[C@@]2(C(F)(F)F)OC[C@H](c3ccccc3)N12. The molecule has 20 heavy (non-hydrogen) atoms. The van der Waals surface area contributed by atoms with Gasteiger partial charge in [-0.3, -0.25) is 0 Å². The van der Waals surface area contributed by atoms with E-state index in [-0.39, 0.29) is 19.1 Å². The quantitative estimate of drug-likeness (QED) is 0.772. The summed E-state index contributed by atoms with van der Waals surface area (Å²) in [5.41, 5.74) is -0.667. The average molecular weight is 283 g/mol. The first-order valence-electron chi connectivity index (χ1n) is 6.67. The van der Waals surface area contributed by atoms with Gasteiger partial charge >= 0.3 is 6.18 Å². The van der Waals surface area contributed by atoms with Gasteiger partial charge in [-0.25, -0.2) is 0 Å². The second-order valence-electron chi connectivity index (χ2n) is 5.27. The predicted octanol–water partition coefficient (Wildman–Crippen LogP) is 4.02. The van der Waals surface area contributed by atoms with E-state index >= 15 is 0 Å². The summed E-state index contributed by atoms with van der Waals surface area (Å²) in [6.45, 7) is 1.79. The summed E-state index contributed by atoms with van der Waals surface area (Å²) < 4.78 is 46.0. The third-order valence-electron chi connectivity index (χ3n) is 4.11. The number of ether oxygens (including phenoxy) is 1. The number of rotatable bonds is 1. The van der Waals surface area contributed by atoms with Crippen LogP contribution < -0.4 is 0 Å². The Bertz CT molecular complexity index is 526. The molecule has 0 saturated carbocycles. The minimum Gasteiger partial charge on any atom is -0.345 e. The molecule has 108 valence electrons. The van der Waals surface area contributed by atoms with Crippen LogP contribution >= 0.6 is 0 Å². The van der Waals surface area contributed by atoms with Crippen molar-refractivity contribution < 1.29 is 17.9 Å². The standard InChI is InChI=1S/C15H16F3NO/c1-11-6-5-9-14(15(16,17)18)19(11)13(10-20-14)12-7-3-2-4-8-12/h2-4,6-8,13H,5,9-10H2,1H3/t13-,14+/m1/s1. The van der Waals surface area contributed by atoms with Gasteiger partial charge < -0.3 is 9.64 Å². The third-order valence-corrected chi connectivity index (χ3v) is 4.11. The number of fused-ring (bicyclic) bond motifs is 1. The monoisotopic (exact) mass is 283 g/mol. The Balaban J connectivity index is 2.05. The molecule has 5 heteroatoms. The number of hydrogen-bond acceptors (Lipinski definition) is 2. The molecule has 2 heterocycles. The highest BCUT2D eigenvalue weighted by atomic mass is 19.4. The second-order valence-corrected chi connectivity index (χ2v) is 5.27. The molecule has 0 aliphatic carbocycles. The van der Waals surface area contributed by atoms with E-state index in [1.165, 1.54) is 4.90 Å². The Hall–Kier alpha value is -1.49. The normalized spacial score (nSPS) is 30.1. The van der Waals surface area contributed by atoms with E-state index in [0.29, 0.717) is 12.1 Å². The first-order valence-corrected chi connectivity index (χ1v) is 6.67. The van der Waals surface area contributed by atoms with Crippen LogP contribution in [-0.2, 0) is 4.74 Å². The summed E-state index contributed by atoms with van der Waals surface area (Å²) in [7, 11) is 0. The summed E-state index contributed by atoms with van der Waals surface area (Å²) in [5, 5.41) is 0. The van der Waals surface area contributed by atoms with E-state index < -0.39 is 11.9 Å². The molecule has 0 N–H and O–H groups in total. The molecular formula is C15H16F3NO. The zero-order valence-corrected chi connectivity index (χ0v) is 11.2. The van der Waals surface area contributed by atoms with Crippen LogP contribution in [0.5, 0.6) is 0 Å². The van der Waals surface area contributed by atoms with Crippen LogP contribution in [0.2, 0.25) is 0 Å². The third kappa shape index (κ3) is 1.84. The minimum absolute atomic E-state index is 0.0445. The van der Waals surface area contributed by atoms with E-state index in [4.69, 9.17) is 4.74 Å². The highest BCUT2D eigenvalue weighted by molar-refractivity contribution is 5.25. The van der Waals surface area contributed by atoms with E-state index in [9.17, 15) is 13.2 Å². The van der Waals surface area contributed by atoms with E-state index in [0.717, 1.165) is 5.56 Å². The molecule has 2 aliphatic rings. The van der Waals surface area contributed by atoms with Crippen molar-refractivity contribution in [2.45, 2.75) is 37.7 Å². The summed E-state index contributed by atoms with van der Waals surface area (Å²) in [5.74, 6) is 0. The number of allylic oxidation sites excluding steroid dienone is 2. The van der Waals surface area contributed by atoms with Crippen molar-refractivity contribution in [2.24, 2.45) is 0 Å². The van der Waals surface area contributed by atoms with E-state index in [2.05, 4.69) is 0 Å². The van der Waals surface area contributed by atoms with Crippen molar-refractivity contribution in [1.82, 2.24) is 4.90 Å². The van der Waals surface area contributed by atoms with Gasteiger partial charge in [-0.05, 0) is 18.9 Å². The maximum Gasteiger partial charge on any atom is 0.436 e. The molecule has 0 bridgehead atoms. The molecule has 3 rings (SSSR count). The smallest absolute Gasteiger partial charge is 0.345 e. The highest BCUT2D eigenvalue weighted by Gasteiger charge is 2.65. The molecule has 2 aliphatic heterocycles. The van der Waals surface area contributed by atoms with Crippen molar-refractivity contribution >= 4 is 0 Å². The molecule has 0 unspecified atom stereocenters. The van der Waals surface area contributed by atoms with Gasteiger partial charge in [0, 0.05) is 12.1 Å². The Morgan fingerprint density at radius 2 is 1.95 bits per heavy atom. The van der Waals surface area contributed by atoms with Crippen LogP contribution in [0.1, 0.15) is 31.4 Å². The van der Waals surface area contributed by atoms with Crippen molar-refractivity contribution in [3.8, 4) is 0 Å². The Morgan fingerprint density at radius 3 is 2.60 bits per heavy atom. The molecule has 1 aromatic carbocycles. The fourth-order valence-corrected chi connectivity index (χ4v) is 3.19. The zero-order valence-electron chi connectivity index (χ0n) is 11.2. The number of hydrogen-bond donors (Lipinski definition) is 0. The lowest BCUT2D eigenvalue weighted by molar-refractivity contribution is -0.304. The van der Waals surface area contributed by atoms with E-state index in [1.54, 1.807) is 6.92 Å². The fraction of sp³-hybridized carbons (Fsp3) is 0.467. The zero-order chi connectivity index (χ0) is 14.4. The van der Waals surface area contributed by atoms with Gasteiger partial charge in [-0.2, -0.15) is 13.2 Å². The molecule has 0 radical (unpaired) electrons. The van der Waals surface area contributed by atoms with Gasteiger partial charge in [0.1, 0.15) is 0 Å². The van der Waals surface area contributed by atoms with E-state index in [1.807, 2.05) is 36.4 Å². The van der Waals surface area contributed by atoms with Crippen molar-refractivity contribution in [1.29, 1.82) is 0 Å². The van der Waals surface area contributed by atoms with Gasteiger partial charge in [0.2, 0.25) is 5.72 Å². The first kappa shape index (κ1) is 13.5. The second kappa shape index (κ2) is 4.52. The number of halogens is 3. The summed E-state index contributed by atoms with van der Waals surface area (Å²) in [4.78, 5) is 1.41. The Kier molecular flexibility index (Phi) is 3.05. The molecule has 2 nitrogen and oxygen atoms in total. The number of nitrogens with zero attached hydrogens (tertiary/aromatic N) is 1. The Morgan fingerprint density at radius 1 is 1.25 bits per heavy atom. The first-order chi connectivity index (χ1) is 9.46. The molecule has 1 saturated heterocycles. The summed E-state index contributed by atoms with van der Waals surface area (Å²) >= 11 is 0. The molecule has 0 aromatic heterocycles. The molecule has 1 aromatic rings. The highest BCUT2D eigenvalue weighted by Crippen LogP contribution is 2.52. The van der Waals surface area contributed by atoms with Crippen molar-refractivity contribution in [3.05, 3.63) is 47.7 Å². The molecule has 1 fully saturated rings. The molecule has 0 amide bonds. The van der Waals surface area contributed by atoms with Gasteiger partial charge in [0.25, 0.3) is 0 Å². The molecule has 2 atom stereocenters. The lowest BCUT2D eigenvalue weighted by Crippen LogP contribution is -2.57. The van der Waals surface area contributed by atoms with Crippen LogP contribution in [0, 0.1) is 0 Å². The predicted molar refractivity (Wildman–Crippen MR) is 68.8 cm³/mol. The van der Waals surface area contributed by atoms with Crippen molar-refractivity contribution in [3.63, 3.8) is 0 Å². The number of alkyl halides is 3. The van der Waals surface area contributed by atoms with Gasteiger partial charge in [-0.1, -0.05) is 36.4 Å². The molecule has 0 spiro atoms. The number of benzene rings is 1. The van der Waals surface area contributed by atoms with Crippen LogP contribution in [-0.4, -0.2) is 23.4 Å². The topological polar surface area (TPSA) is 12.5 Å². The maximum atomic E-state index is 13.6. The lowest BCUT2D eigenvalue weighted by atomic mass is 9.96. The van der Waals surface area contributed by atoms with Crippen LogP contribution in [0.25, 0.3) is 0 Å². The van der Waals surface area contributed by atoms with Gasteiger partial charge in [0.15, 0.2) is 0 Å². The largest absolute Gasteiger partial charge is 0.436 e. The summed E-state index contributed by atoms with van der Waals surface area (Å²) in [6, 6.07) is 8.85. The summed E-state index contributed by atoms with van der Waals surface area (Å²) in [6.07, 6.45) is -2.19. The van der Waals surface area contributed by atoms with Crippen LogP contribution in [0.3, 0.4) is 0 Å². The Labute approximate surface area is 115 Å². The van der Waals surface area contributed by atoms with Crippen LogP contribution in [0.4, 0.5) is 13.2 Å². The average Bonchev–Trinajstić information content (AvgIpc) is 2.82. The van der Waals surface area contributed by atoms with Gasteiger partial charge in [0.05, 0.1) is 12.6 Å². The maximum absolute atomic E-state index is 13.6. The van der Waals surface area contributed by atoms with Crippen LogP contribution in [0.15, 0.2) is 42.1 Å². The fourth-order valence-electron chi connectivity index (χ4n) is 3.19.